The molecule has 0 bridgehead atoms. The predicted octanol–water partition coefficient (Wildman–Crippen LogP) is 2.69. The van der Waals surface area contributed by atoms with E-state index in [9.17, 15) is 0 Å². The van der Waals surface area contributed by atoms with Gasteiger partial charge in [0.05, 0.1) is 17.4 Å². The molecule has 0 aliphatic heterocycles. The zero-order valence-electron chi connectivity index (χ0n) is 7.27. The van der Waals surface area contributed by atoms with E-state index in [1.807, 2.05) is 23.8 Å². The summed E-state index contributed by atoms with van der Waals surface area (Å²) < 4.78 is 0. The number of H-pyrrole nitrogens is 1. The highest BCUT2D eigenvalue weighted by molar-refractivity contribution is 7.13. The molecular formula is C10H7N3S. The Kier molecular flexibility index (Phi) is 1.61. The Morgan fingerprint density at radius 2 is 2.29 bits per heavy atom. The van der Waals surface area contributed by atoms with E-state index >= 15 is 0 Å². The van der Waals surface area contributed by atoms with Crippen molar-refractivity contribution in [2.24, 2.45) is 0 Å². The highest BCUT2D eigenvalue weighted by Gasteiger charge is 2.04. The fourth-order valence-corrected chi connectivity index (χ4v) is 2.05. The topological polar surface area (TPSA) is 41.6 Å². The van der Waals surface area contributed by atoms with E-state index < -0.39 is 0 Å². The lowest BCUT2D eigenvalue weighted by Gasteiger charge is -1.86. The number of nitrogens with zero attached hydrogens (tertiary/aromatic N) is 2. The van der Waals surface area contributed by atoms with Crippen molar-refractivity contribution < 1.29 is 0 Å². The Morgan fingerprint density at radius 1 is 1.29 bits per heavy atom. The smallest absolute Gasteiger partial charge is 0.139 e. The van der Waals surface area contributed by atoms with Crippen LogP contribution in [0.15, 0.2) is 36.1 Å². The van der Waals surface area contributed by atoms with Gasteiger partial charge in [-0.2, -0.15) is 0 Å². The molecule has 3 heterocycles. The lowest BCUT2D eigenvalue weighted by Crippen LogP contribution is -1.73. The van der Waals surface area contributed by atoms with Crippen LogP contribution in [-0.4, -0.2) is 15.0 Å². The highest BCUT2D eigenvalue weighted by Crippen LogP contribution is 2.24. The molecule has 0 radical (unpaired) electrons. The Hall–Kier alpha value is -1.68. The molecule has 3 aromatic heterocycles. The molecule has 68 valence electrons. The van der Waals surface area contributed by atoms with Gasteiger partial charge in [0.25, 0.3) is 0 Å². The van der Waals surface area contributed by atoms with Crippen molar-refractivity contribution in [3.63, 3.8) is 0 Å². The summed E-state index contributed by atoms with van der Waals surface area (Å²) >= 11 is 1.63. The first-order valence-electron chi connectivity index (χ1n) is 4.26. The van der Waals surface area contributed by atoms with Crippen LogP contribution < -0.4 is 0 Å². The SMILES string of the molecule is c1cc2cc(-c3nccs3)[nH]c2cn1. The second kappa shape index (κ2) is 2.92. The van der Waals surface area contributed by atoms with E-state index in [0.717, 1.165) is 16.2 Å². The highest BCUT2D eigenvalue weighted by atomic mass is 32.1. The molecule has 3 rings (SSSR count). The van der Waals surface area contributed by atoms with Gasteiger partial charge >= 0.3 is 0 Å². The van der Waals surface area contributed by atoms with Crippen LogP contribution in [0.2, 0.25) is 0 Å². The standard InChI is InChI=1S/C10H7N3S/c1-2-11-6-9-7(1)5-8(13-9)10-12-3-4-14-10/h1-6,13H. The molecule has 4 heteroatoms. The first-order chi connectivity index (χ1) is 6.93. The van der Waals surface area contributed by atoms with Gasteiger partial charge in [-0.15, -0.1) is 11.3 Å². The fraction of sp³-hybridized carbons (Fsp3) is 0. The molecule has 0 spiro atoms. The minimum Gasteiger partial charge on any atom is -0.351 e. The lowest BCUT2D eigenvalue weighted by atomic mass is 10.3. The van der Waals surface area contributed by atoms with Crippen LogP contribution in [0.1, 0.15) is 0 Å². The van der Waals surface area contributed by atoms with E-state index in [-0.39, 0.29) is 0 Å². The Labute approximate surface area is 84.5 Å². The number of fused-ring (bicyclic) bond motifs is 1. The Bertz CT molecular complexity index is 521. The zero-order chi connectivity index (χ0) is 9.38. The first kappa shape index (κ1) is 7.70. The van der Waals surface area contributed by atoms with Gasteiger partial charge in [-0.3, -0.25) is 4.98 Å². The number of nitrogens with one attached hydrogen (secondary N) is 1. The summed E-state index contributed by atoms with van der Waals surface area (Å²) in [4.78, 5) is 11.6. The zero-order valence-corrected chi connectivity index (χ0v) is 8.08. The van der Waals surface area contributed by atoms with E-state index in [4.69, 9.17) is 0 Å². The lowest BCUT2D eigenvalue weighted by molar-refractivity contribution is 1.33. The molecule has 0 aromatic carbocycles. The van der Waals surface area contributed by atoms with Crippen LogP contribution in [0.3, 0.4) is 0 Å². The number of hydrogen-bond acceptors (Lipinski definition) is 3. The van der Waals surface area contributed by atoms with Crippen LogP contribution >= 0.6 is 11.3 Å². The Balaban J connectivity index is 2.24. The van der Waals surface area contributed by atoms with Gasteiger partial charge in [-0.05, 0) is 12.1 Å². The first-order valence-corrected chi connectivity index (χ1v) is 5.14. The third kappa shape index (κ3) is 1.12. The van der Waals surface area contributed by atoms with E-state index in [2.05, 4.69) is 21.0 Å². The van der Waals surface area contributed by atoms with Crippen molar-refractivity contribution in [1.29, 1.82) is 0 Å². The number of hydrogen-bond donors (Lipinski definition) is 1. The Morgan fingerprint density at radius 3 is 3.07 bits per heavy atom. The molecule has 0 amide bonds. The number of aromatic amines is 1. The number of aromatic nitrogens is 3. The largest absolute Gasteiger partial charge is 0.351 e. The van der Waals surface area contributed by atoms with Gasteiger partial charge in [0.2, 0.25) is 0 Å². The molecule has 0 fully saturated rings. The minimum atomic E-state index is 1.02. The fourth-order valence-electron chi connectivity index (χ4n) is 1.44. The molecule has 3 nitrogen and oxygen atoms in total. The maximum absolute atomic E-state index is 4.25. The third-order valence-electron chi connectivity index (χ3n) is 2.09. The molecule has 1 N–H and O–H groups in total. The van der Waals surface area contributed by atoms with Crippen molar-refractivity contribution in [2.75, 3.05) is 0 Å². The minimum absolute atomic E-state index is 1.02. The van der Waals surface area contributed by atoms with Crippen LogP contribution in [-0.2, 0) is 0 Å². The maximum atomic E-state index is 4.25. The second-order valence-electron chi connectivity index (χ2n) is 2.98. The predicted molar refractivity (Wildman–Crippen MR) is 57.2 cm³/mol. The number of pyridine rings is 1. The van der Waals surface area contributed by atoms with Gasteiger partial charge in [-0.25, -0.2) is 4.98 Å². The van der Waals surface area contributed by atoms with Crippen LogP contribution in [0.25, 0.3) is 21.6 Å². The van der Waals surface area contributed by atoms with E-state index in [1.54, 1.807) is 17.5 Å². The second-order valence-corrected chi connectivity index (χ2v) is 3.88. The summed E-state index contributed by atoms with van der Waals surface area (Å²) in [5, 5.41) is 4.16. The van der Waals surface area contributed by atoms with Gasteiger partial charge < -0.3 is 4.98 Å². The molecule has 0 saturated heterocycles. The van der Waals surface area contributed by atoms with Gasteiger partial charge in [-0.1, -0.05) is 0 Å². The van der Waals surface area contributed by atoms with E-state index in [1.165, 1.54) is 5.39 Å². The van der Waals surface area contributed by atoms with Crippen LogP contribution in [0.4, 0.5) is 0 Å². The average Bonchev–Trinajstić information content (AvgIpc) is 2.86. The quantitative estimate of drug-likeness (QED) is 0.657. The summed E-state index contributed by atoms with van der Waals surface area (Å²) in [6, 6.07) is 4.08. The summed E-state index contributed by atoms with van der Waals surface area (Å²) in [5.74, 6) is 0. The molecule has 0 unspecified atom stereocenters. The average molecular weight is 201 g/mol. The summed E-state index contributed by atoms with van der Waals surface area (Å²) in [7, 11) is 0. The molecular weight excluding hydrogens is 194 g/mol. The molecule has 3 aromatic rings. The maximum Gasteiger partial charge on any atom is 0.139 e. The van der Waals surface area contributed by atoms with Crippen LogP contribution in [0, 0.1) is 0 Å². The monoisotopic (exact) mass is 201 g/mol. The summed E-state index contributed by atoms with van der Waals surface area (Å²) in [6.45, 7) is 0. The number of thiazole rings is 1. The van der Waals surface area contributed by atoms with E-state index in [0.29, 0.717) is 0 Å². The normalized spacial score (nSPS) is 10.9. The molecule has 0 atom stereocenters. The third-order valence-corrected chi connectivity index (χ3v) is 2.89. The molecule has 0 saturated carbocycles. The van der Waals surface area contributed by atoms with Crippen molar-refractivity contribution in [1.82, 2.24) is 15.0 Å². The van der Waals surface area contributed by atoms with Crippen molar-refractivity contribution in [2.45, 2.75) is 0 Å². The van der Waals surface area contributed by atoms with Crippen molar-refractivity contribution in [3.05, 3.63) is 36.1 Å². The summed E-state index contributed by atoms with van der Waals surface area (Å²) in [6.07, 6.45) is 5.43. The molecule has 0 aliphatic rings. The van der Waals surface area contributed by atoms with Gasteiger partial charge in [0.1, 0.15) is 5.01 Å². The van der Waals surface area contributed by atoms with Crippen LogP contribution in [0.5, 0.6) is 0 Å². The number of rotatable bonds is 1. The van der Waals surface area contributed by atoms with Crippen molar-refractivity contribution >= 4 is 22.2 Å². The van der Waals surface area contributed by atoms with Crippen molar-refractivity contribution in [3.8, 4) is 10.7 Å². The molecule has 14 heavy (non-hydrogen) atoms. The molecule has 0 aliphatic carbocycles. The van der Waals surface area contributed by atoms with Gasteiger partial charge in [0.15, 0.2) is 0 Å². The van der Waals surface area contributed by atoms with Gasteiger partial charge in [0, 0.05) is 23.2 Å². The summed E-state index contributed by atoms with van der Waals surface area (Å²) in [5.41, 5.74) is 2.11.